The molecule has 0 radical (unpaired) electrons. The van der Waals surface area contributed by atoms with Crippen molar-refractivity contribution in [3.63, 3.8) is 0 Å². The molecule has 7 heteroatoms. The summed E-state index contributed by atoms with van der Waals surface area (Å²) >= 11 is 1.65. The van der Waals surface area contributed by atoms with Crippen LogP contribution in [0.15, 0.2) is 66.2 Å². The summed E-state index contributed by atoms with van der Waals surface area (Å²) < 4.78 is 0. The van der Waals surface area contributed by atoms with Crippen LogP contribution in [0.25, 0.3) is 21.1 Å². The Morgan fingerprint density at radius 2 is 1.97 bits per heavy atom. The van der Waals surface area contributed by atoms with Crippen molar-refractivity contribution >= 4 is 22.9 Å². The van der Waals surface area contributed by atoms with Gasteiger partial charge < -0.3 is 0 Å². The summed E-state index contributed by atoms with van der Waals surface area (Å²) in [6.07, 6.45) is 8.35. The van der Waals surface area contributed by atoms with Crippen LogP contribution in [0.2, 0.25) is 0 Å². The van der Waals surface area contributed by atoms with Gasteiger partial charge in [0, 0.05) is 24.2 Å². The molecule has 4 aromatic rings. The number of pyridine rings is 3. The van der Waals surface area contributed by atoms with E-state index in [1.807, 2.05) is 43.5 Å². The molecule has 0 saturated heterocycles. The van der Waals surface area contributed by atoms with E-state index in [9.17, 15) is 0 Å². The largest absolute Gasteiger partial charge is 0.264 e. The van der Waals surface area contributed by atoms with Crippen LogP contribution in [-0.2, 0) is 6.42 Å². The maximum Gasteiger partial charge on any atom is 0.146 e. The molecule has 4 aromatic heterocycles. The van der Waals surface area contributed by atoms with E-state index in [2.05, 4.69) is 32.6 Å². The zero-order valence-corrected chi connectivity index (χ0v) is 17.4. The number of nitrogens with one attached hydrogen (secondary N) is 1. The molecule has 0 bridgehead atoms. The first kappa shape index (κ1) is 18.6. The van der Waals surface area contributed by atoms with Crippen LogP contribution in [0.5, 0.6) is 0 Å². The lowest BCUT2D eigenvalue weighted by Crippen LogP contribution is -2.16. The molecule has 30 heavy (non-hydrogen) atoms. The summed E-state index contributed by atoms with van der Waals surface area (Å²) in [4.78, 5) is 19.3. The second kappa shape index (κ2) is 8.12. The van der Waals surface area contributed by atoms with Gasteiger partial charge in [-0.1, -0.05) is 12.1 Å². The molecule has 5 rings (SSSR count). The highest BCUT2D eigenvalue weighted by atomic mass is 32.1. The number of hydrogen-bond acceptors (Lipinski definition) is 7. The van der Waals surface area contributed by atoms with Gasteiger partial charge >= 0.3 is 0 Å². The SMILES string of the molecule is Cc1nc(-c2cccnc2)sc1-c1ccc2c(n1)C(=NNc1ccccn1)CCC2. The molecule has 4 heterocycles. The standard InChI is InChI=1S/C23H20N6S/c1-15-22(30-23(26-15)17-7-5-12-24-14-17)19-11-10-16-6-4-8-18(21(16)27-19)28-29-20-9-2-3-13-25-20/h2-3,5,7,9-14H,4,6,8H2,1H3,(H,25,29). The fourth-order valence-corrected chi connectivity index (χ4v) is 4.57. The van der Waals surface area contributed by atoms with Gasteiger partial charge in [0.05, 0.1) is 27.7 Å². The molecular formula is C23H20N6S. The summed E-state index contributed by atoms with van der Waals surface area (Å²) in [6.45, 7) is 2.03. The van der Waals surface area contributed by atoms with Gasteiger partial charge in [0.1, 0.15) is 10.8 Å². The molecule has 1 aliphatic rings. The highest BCUT2D eigenvalue weighted by molar-refractivity contribution is 7.18. The molecule has 0 aliphatic heterocycles. The Hall–Kier alpha value is -3.45. The molecule has 0 aromatic carbocycles. The predicted molar refractivity (Wildman–Crippen MR) is 121 cm³/mol. The number of aryl methyl sites for hydroxylation is 2. The topological polar surface area (TPSA) is 76.0 Å². The monoisotopic (exact) mass is 412 g/mol. The van der Waals surface area contributed by atoms with Gasteiger partial charge in [-0.2, -0.15) is 5.10 Å². The van der Waals surface area contributed by atoms with E-state index in [4.69, 9.17) is 9.97 Å². The number of hydrogen-bond donors (Lipinski definition) is 1. The van der Waals surface area contributed by atoms with Gasteiger partial charge in [-0.05, 0) is 62.1 Å². The minimum atomic E-state index is 0.729. The molecular weight excluding hydrogens is 392 g/mol. The second-order valence-electron chi connectivity index (χ2n) is 7.12. The van der Waals surface area contributed by atoms with E-state index in [1.165, 1.54) is 5.56 Å². The molecule has 0 fully saturated rings. The van der Waals surface area contributed by atoms with Gasteiger partial charge in [-0.25, -0.2) is 15.0 Å². The fraction of sp³-hybridized carbons (Fsp3) is 0.174. The third-order valence-electron chi connectivity index (χ3n) is 5.02. The molecule has 0 saturated carbocycles. The smallest absolute Gasteiger partial charge is 0.146 e. The first-order chi connectivity index (χ1) is 14.8. The number of thiazole rings is 1. The summed E-state index contributed by atoms with van der Waals surface area (Å²) in [5.74, 6) is 0.729. The lowest BCUT2D eigenvalue weighted by atomic mass is 9.94. The van der Waals surface area contributed by atoms with Crippen LogP contribution in [0.3, 0.4) is 0 Å². The quantitative estimate of drug-likeness (QED) is 0.471. The number of fused-ring (bicyclic) bond motifs is 1. The van der Waals surface area contributed by atoms with Crippen molar-refractivity contribution in [2.24, 2.45) is 5.10 Å². The number of aromatic nitrogens is 4. The summed E-state index contributed by atoms with van der Waals surface area (Å²) in [6, 6.07) is 14.0. The minimum Gasteiger partial charge on any atom is -0.264 e. The zero-order chi connectivity index (χ0) is 20.3. The van der Waals surface area contributed by atoms with E-state index < -0.39 is 0 Å². The number of hydrazone groups is 1. The highest BCUT2D eigenvalue weighted by Crippen LogP contribution is 2.35. The van der Waals surface area contributed by atoms with E-state index in [0.29, 0.717) is 0 Å². The predicted octanol–water partition coefficient (Wildman–Crippen LogP) is 5.12. The van der Waals surface area contributed by atoms with Crippen molar-refractivity contribution in [1.29, 1.82) is 0 Å². The molecule has 1 aliphatic carbocycles. The summed E-state index contributed by atoms with van der Waals surface area (Å²) in [7, 11) is 0. The van der Waals surface area contributed by atoms with E-state index in [1.54, 1.807) is 23.7 Å². The third-order valence-corrected chi connectivity index (χ3v) is 6.25. The molecule has 6 nitrogen and oxygen atoms in total. The Morgan fingerprint density at radius 1 is 1.00 bits per heavy atom. The lowest BCUT2D eigenvalue weighted by molar-refractivity contribution is 0.825. The average Bonchev–Trinajstić information content (AvgIpc) is 3.20. The Labute approximate surface area is 178 Å². The van der Waals surface area contributed by atoms with Crippen molar-refractivity contribution in [2.75, 3.05) is 5.43 Å². The zero-order valence-electron chi connectivity index (χ0n) is 16.5. The number of rotatable bonds is 4. The maximum atomic E-state index is 5.01. The van der Waals surface area contributed by atoms with E-state index in [-0.39, 0.29) is 0 Å². The Kier molecular flexibility index (Phi) is 5.03. The summed E-state index contributed by atoms with van der Waals surface area (Å²) in [5, 5.41) is 5.59. The average molecular weight is 413 g/mol. The van der Waals surface area contributed by atoms with Crippen molar-refractivity contribution in [3.8, 4) is 21.1 Å². The lowest BCUT2D eigenvalue weighted by Gasteiger charge is -2.17. The Balaban J connectivity index is 1.50. The summed E-state index contributed by atoms with van der Waals surface area (Å²) in [5.41, 5.74) is 9.19. The maximum absolute atomic E-state index is 5.01. The van der Waals surface area contributed by atoms with E-state index in [0.717, 1.165) is 63.3 Å². The van der Waals surface area contributed by atoms with Crippen LogP contribution in [-0.4, -0.2) is 25.6 Å². The van der Waals surface area contributed by atoms with E-state index >= 15 is 0 Å². The molecule has 0 spiro atoms. The van der Waals surface area contributed by atoms with Gasteiger partial charge in [0.2, 0.25) is 0 Å². The fourth-order valence-electron chi connectivity index (χ4n) is 3.54. The Morgan fingerprint density at radius 3 is 2.80 bits per heavy atom. The second-order valence-corrected chi connectivity index (χ2v) is 8.12. The van der Waals surface area contributed by atoms with Crippen LogP contribution in [0, 0.1) is 6.92 Å². The minimum absolute atomic E-state index is 0.729. The van der Waals surface area contributed by atoms with Crippen LogP contribution in [0.4, 0.5) is 5.82 Å². The van der Waals surface area contributed by atoms with Gasteiger partial charge in [-0.15, -0.1) is 11.3 Å². The first-order valence-electron chi connectivity index (χ1n) is 9.90. The molecule has 1 N–H and O–H groups in total. The van der Waals surface area contributed by atoms with Crippen molar-refractivity contribution in [3.05, 3.63) is 78.0 Å². The number of nitrogens with zero attached hydrogens (tertiary/aromatic N) is 5. The van der Waals surface area contributed by atoms with Crippen LogP contribution < -0.4 is 5.43 Å². The van der Waals surface area contributed by atoms with Crippen LogP contribution >= 0.6 is 11.3 Å². The van der Waals surface area contributed by atoms with Crippen molar-refractivity contribution in [2.45, 2.75) is 26.2 Å². The van der Waals surface area contributed by atoms with Gasteiger partial charge in [-0.3, -0.25) is 10.4 Å². The van der Waals surface area contributed by atoms with Crippen LogP contribution in [0.1, 0.15) is 29.8 Å². The number of anilines is 1. The molecule has 0 unspecified atom stereocenters. The van der Waals surface area contributed by atoms with Gasteiger partial charge in [0.15, 0.2) is 0 Å². The normalized spacial score (nSPS) is 14.5. The first-order valence-corrected chi connectivity index (χ1v) is 10.7. The Bertz CT molecular complexity index is 1200. The van der Waals surface area contributed by atoms with Crippen molar-refractivity contribution < 1.29 is 0 Å². The molecule has 0 amide bonds. The van der Waals surface area contributed by atoms with Crippen molar-refractivity contribution in [1.82, 2.24) is 19.9 Å². The molecule has 148 valence electrons. The highest BCUT2D eigenvalue weighted by Gasteiger charge is 2.20. The third kappa shape index (κ3) is 3.71. The molecule has 0 atom stereocenters. The van der Waals surface area contributed by atoms with Gasteiger partial charge in [0.25, 0.3) is 0 Å².